The van der Waals surface area contributed by atoms with Crippen molar-refractivity contribution in [2.75, 3.05) is 20.0 Å². The van der Waals surface area contributed by atoms with Crippen LogP contribution in [-0.2, 0) is 0 Å². The minimum absolute atomic E-state index is 0.0685. The number of carbonyl (C=O) groups is 1. The van der Waals surface area contributed by atoms with Crippen molar-refractivity contribution in [1.29, 1.82) is 0 Å². The molecule has 0 saturated heterocycles. The van der Waals surface area contributed by atoms with Crippen LogP contribution in [0.2, 0.25) is 0 Å². The summed E-state index contributed by atoms with van der Waals surface area (Å²) in [6.07, 6.45) is 0. The number of rotatable bonds is 7. The van der Waals surface area contributed by atoms with E-state index >= 15 is 0 Å². The molecule has 0 atom stereocenters. The molecule has 3 rings (SSSR count). The number of benzene rings is 2. The molecule has 1 heterocycles. The molecule has 0 amide bonds. The molecule has 2 aromatic carbocycles. The Morgan fingerprint density at radius 1 is 1.04 bits per heavy atom. The fraction of sp³-hybridized carbons (Fsp3) is 0.286. The summed E-state index contributed by atoms with van der Waals surface area (Å²) >= 11 is 1.31. The third kappa shape index (κ3) is 4.20. The smallest absolute Gasteiger partial charge is 0.209 e. The first kappa shape index (κ1) is 19.9. The summed E-state index contributed by atoms with van der Waals surface area (Å²) in [7, 11) is 3.20. The average Bonchev–Trinajstić information content (AvgIpc) is 3.17. The minimum Gasteiger partial charge on any atom is -0.497 e. The van der Waals surface area contributed by atoms with E-state index < -0.39 is 0 Å². The number of hydrogen-bond donors (Lipinski definition) is 1. The lowest BCUT2D eigenvalue weighted by Gasteiger charge is -2.08. The highest BCUT2D eigenvalue weighted by Crippen LogP contribution is 2.32. The van der Waals surface area contributed by atoms with Crippen LogP contribution in [0.5, 0.6) is 11.5 Å². The molecule has 0 radical (unpaired) electrons. The van der Waals surface area contributed by atoms with Gasteiger partial charge in [-0.3, -0.25) is 9.89 Å². The number of methoxy groups -OCH3 is 2. The van der Waals surface area contributed by atoms with Crippen LogP contribution in [0.15, 0.2) is 35.5 Å². The number of aromatic amines is 1. The van der Waals surface area contributed by atoms with Gasteiger partial charge in [0.1, 0.15) is 11.5 Å². The van der Waals surface area contributed by atoms with E-state index in [1.54, 1.807) is 20.3 Å². The molecular formula is C21H23N3O3S. The van der Waals surface area contributed by atoms with Gasteiger partial charge < -0.3 is 9.47 Å². The van der Waals surface area contributed by atoms with E-state index in [0.29, 0.717) is 22.5 Å². The van der Waals surface area contributed by atoms with Gasteiger partial charge in [-0.1, -0.05) is 17.8 Å². The number of aromatic nitrogens is 3. The normalized spacial score (nSPS) is 10.8. The van der Waals surface area contributed by atoms with Gasteiger partial charge in [0.05, 0.1) is 25.5 Å². The molecule has 0 fully saturated rings. The van der Waals surface area contributed by atoms with Crippen molar-refractivity contribution in [2.45, 2.75) is 25.9 Å². The summed E-state index contributed by atoms with van der Waals surface area (Å²) < 4.78 is 10.6. The molecule has 0 aliphatic heterocycles. The minimum atomic E-state index is 0.0685. The van der Waals surface area contributed by atoms with Crippen LogP contribution in [0.1, 0.15) is 27.0 Å². The summed E-state index contributed by atoms with van der Waals surface area (Å²) in [5.74, 6) is 2.26. The Morgan fingerprint density at radius 2 is 1.79 bits per heavy atom. The number of aryl methyl sites for hydroxylation is 3. The molecule has 0 bridgehead atoms. The van der Waals surface area contributed by atoms with Crippen molar-refractivity contribution in [3.8, 4) is 22.9 Å². The number of ketones is 1. The van der Waals surface area contributed by atoms with Crippen molar-refractivity contribution in [2.24, 2.45) is 0 Å². The second kappa shape index (κ2) is 8.48. The Labute approximate surface area is 168 Å². The lowest BCUT2D eigenvalue weighted by molar-refractivity contribution is 0.102. The van der Waals surface area contributed by atoms with E-state index in [2.05, 4.69) is 15.2 Å². The fourth-order valence-corrected chi connectivity index (χ4v) is 3.58. The highest BCUT2D eigenvalue weighted by atomic mass is 32.2. The Morgan fingerprint density at radius 3 is 2.50 bits per heavy atom. The maximum Gasteiger partial charge on any atom is 0.209 e. The van der Waals surface area contributed by atoms with Gasteiger partial charge in [-0.15, -0.1) is 5.10 Å². The van der Waals surface area contributed by atoms with E-state index in [1.165, 1.54) is 17.3 Å². The summed E-state index contributed by atoms with van der Waals surface area (Å²) in [5.41, 5.74) is 4.83. The zero-order chi connectivity index (χ0) is 20.3. The second-order valence-electron chi connectivity index (χ2n) is 6.50. The van der Waals surface area contributed by atoms with E-state index in [1.807, 2.05) is 45.0 Å². The molecule has 7 heteroatoms. The van der Waals surface area contributed by atoms with Gasteiger partial charge in [-0.2, -0.15) is 0 Å². The van der Waals surface area contributed by atoms with Gasteiger partial charge in [0.2, 0.25) is 5.16 Å². The van der Waals surface area contributed by atoms with Gasteiger partial charge >= 0.3 is 0 Å². The molecule has 6 nitrogen and oxygen atoms in total. The molecule has 0 aliphatic carbocycles. The van der Waals surface area contributed by atoms with Crippen LogP contribution >= 0.6 is 11.8 Å². The summed E-state index contributed by atoms with van der Waals surface area (Å²) in [4.78, 5) is 17.1. The third-order valence-electron chi connectivity index (χ3n) is 4.60. The van der Waals surface area contributed by atoms with Crippen LogP contribution in [0.25, 0.3) is 11.4 Å². The molecular weight excluding hydrogens is 374 g/mol. The van der Waals surface area contributed by atoms with Crippen LogP contribution in [0.4, 0.5) is 0 Å². The summed E-state index contributed by atoms with van der Waals surface area (Å²) in [6, 6.07) is 9.49. The lowest BCUT2D eigenvalue weighted by Crippen LogP contribution is -2.06. The van der Waals surface area contributed by atoms with E-state index in [9.17, 15) is 4.79 Å². The monoisotopic (exact) mass is 397 g/mol. The topological polar surface area (TPSA) is 77.1 Å². The van der Waals surface area contributed by atoms with Crippen molar-refractivity contribution in [3.05, 3.63) is 52.6 Å². The van der Waals surface area contributed by atoms with Crippen LogP contribution < -0.4 is 9.47 Å². The first-order valence-corrected chi connectivity index (χ1v) is 9.80. The first-order valence-electron chi connectivity index (χ1n) is 8.81. The Hall–Kier alpha value is -2.80. The van der Waals surface area contributed by atoms with Gasteiger partial charge in [-0.25, -0.2) is 4.98 Å². The average molecular weight is 398 g/mol. The van der Waals surface area contributed by atoms with Gasteiger partial charge in [0.15, 0.2) is 11.6 Å². The number of thioether (sulfide) groups is 1. The highest BCUT2D eigenvalue weighted by molar-refractivity contribution is 7.99. The molecule has 28 heavy (non-hydrogen) atoms. The van der Waals surface area contributed by atoms with E-state index in [-0.39, 0.29) is 11.5 Å². The number of nitrogens with zero attached hydrogens (tertiary/aromatic N) is 2. The summed E-state index contributed by atoms with van der Waals surface area (Å²) in [5, 5.41) is 7.65. The van der Waals surface area contributed by atoms with E-state index in [0.717, 1.165) is 22.3 Å². The zero-order valence-electron chi connectivity index (χ0n) is 16.6. The van der Waals surface area contributed by atoms with Crippen molar-refractivity contribution in [1.82, 2.24) is 15.2 Å². The molecule has 0 spiro atoms. The Balaban J connectivity index is 1.74. The maximum atomic E-state index is 12.6. The zero-order valence-corrected chi connectivity index (χ0v) is 17.4. The SMILES string of the molecule is COc1ccc(-c2nc(SCC(=O)c3cc(C)c(C)cc3C)n[nH]2)c(OC)c1. The van der Waals surface area contributed by atoms with Crippen molar-refractivity contribution < 1.29 is 14.3 Å². The Kier molecular flexibility index (Phi) is 6.04. The number of carbonyl (C=O) groups excluding carboxylic acids is 1. The first-order chi connectivity index (χ1) is 13.4. The van der Waals surface area contributed by atoms with E-state index in [4.69, 9.17) is 9.47 Å². The van der Waals surface area contributed by atoms with Gasteiger partial charge in [0, 0.05) is 11.6 Å². The van der Waals surface area contributed by atoms with Crippen molar-refractivity contribution >= 4 is 17.5 Å². The van der Waals surface area contributed by atoms with Gasteiger partial charge in [0.25, 0.3) is 0 Å². The molecule has 3 aromatic rings. The quantitative estimate of drug-likeness (QED) is 0.471. The number of ether oxygens (including phenoxy) is 2. The summed E-state index contributed by atoms with van der Waals surface area (Å²) in [6.45, 7) is 6.03. The van der Waals surface area contributed by atoms with Gasteiger partial charge in [-0.05, 0) is 55.7 Å². The number of Topliss-reactive ketones (excluding diaryl/α,β-unsaturated/α-hetero) is 1. The van der Waals surface area contributed by atoms with Crippen LogP contribution in [0, 0.1) is 20.8 Å². The highest BCUT2D eigenvalue weighted by Gasteiger charge is 2.15. The maximum absolute atomic E-state index is 12.6. The Bertz CT molecular complexity index is 1010. The third-order valence-corrected chi connectivity index (χ3v) is 5.45. The number of H-pyrrole nitrogens is 1. The standard InChI is InChI=1S/C21H23N3O3S/c1-12-8-14(3)17(9-13(12)2)18(25)11-28-21-22-20(23-24-21)16-7-6-15(26-4)10-19(16)27-5/h6-10H,11H2,1-5H3,(H,22,23,24). The molecule has 1 N–H and O–H groups in total. The molecule has 0 saturated carbocycles. The predicted molar refractivity (Wildman–Crippen MR) is 111 cm³/mol. The molecule has 0 aliphatic rings. The van der Waals surface area contributed by atoms with Crippen LogP contribution in [-0.4, -0.2) is 40.9 Å². The largest absolute Gasteiger partial charge is 0.497 e. The molecule has 1 aromatic heterocycles. The second-order valence-corrected chi connectivity index (χ2v) is 7.44. The van der Waals surface area contributed by atoms with Crippen molar-refractivity contribution in [3.63, 3.8) is 0 Å². The number of nitrogens with one attached hydrogen (secondary N) is 1. The predicted octanol–water partition coefficient (Wildman–Crippen LogP) is 4.39. The lowest BCUT2D eigenvalue weighted by atomic mass is 9.99. The fourth-order valence-electron chi connectivity index (χ4n) is 2.89. The molecule has 0 unspecified atom stereocenters. The number of hydrogen-bond acceptors (Lipinski definition) is 6. The van der Waals surface area contributed by atoms with Crippen LogP contribution in [0.3, 0.4) is 0 Å². The molecule has 146 valence electrons.